The molecule has 0 unspecified atom stereocenters. The molecule has 5 N–H and O–H groups in total. The summed E-state index contributed by atoms with van der Waals surface area (Å²) in [5, 5.41) is 27.0. The number of carbonyl (C=O) groups is 3. The van der Waals surface area contributed by atoms with E-state index in [4.69, 9.17) is 9.47 Å². The first-order valence-corrected chi connectivity index (χ1v) is 18.7. The van der Waals surface area contributed by atoms with Gasteiger partial charge in [0.25, 0.3) is 5.91 Å². The largest absolute Gasteiger partial charge is 0.506 e. The van der Waals surface area contributed by atoms with Crippen LogP contribution in [0.3, 0.4) is 0 Å². The number of benzene rings is 2. The molecule has 0 aromatic heterocycles. The maximum Gasteiger partial charge on any atom is 0.330 e. The summed E-state index contributed by atoms with van der Waals surface area (Å²) in [4.78, 5) is 44.0. The van der Waals surface area contributed by atoms with E-state index in [0.717, 1.165) is 55.2 Å². The number of aliphatic hydroxyl groups is 1. The molecule has 266 valence electrons. The number of sulfonamides is 1. The van der Waals surface area contributed by atoms with E-state index in [1.54, 1.807) is 26.0 Å². The molecular formula is C33H43N5O9S2. The molecule has 2 aliphatic heterocycles. The summed E-state index contributed by atoms with van der Waals surface area (Å²) in [5.41, 5.74) is 2.36. The Bertz CT molecular complexity index is 1660. The van der Waals surface area contributed by atoms with Crippen LogP contribution in [0.5, 0.6) is 5.75 Å². The SMILES string of the molecule is CCOC(=O)CC[C@H](N=C1NC(=O)C(=Cc2ccc(N3CCC(NC[C@H](O)c4ccc(O)c(NS(C)(=O)=O)c4)CC3)cc2)S1)C(=O)OCC. The van der Waals surface area contributed by atoms with Crippen LogP contribution in [0.15, 0.2) is 52.4 Å². The molecule has 16 heteroatoms. The molecule has 2 aromatic carbocycles. The van der Waals surface area contributed by atoms with Crippen LogP contribution in [0, 0.1) is 0 Å². The Morgan fingerprint density at radius 2 is 1.82 bits per heavy atom. The minimum absolute atomic E-state index is 0.00461. The van der Waals surface area contributed by atoms with Gasteiger partial charge in [0.2, 0.25) is 10.0 Å². The fourth-order valence-electron chi connectivity index (χ4n) is 5.30. The van der Waals surface area contributed by atoms with E-state index in [9.17, 15) is 33.0 Å². The number of amides is 1. The number of aliphatic hydroxyl groups excluding tert-OH is 1. The van der Waals surface area contributed by atoms with E-state index in [0.29, 0.717) is 10.5 Å². The number of ether oxygens (including phenoxy) is 2. The fraction of sp³-hybridized carbons (Fsp3) is 0.455. The second kappa shape index (κ2) is 17.5. The van der Waals surface area contributed by atoms with E-state index in [-0.39, 0.29) is 61.2 Å². The van der Waals surface area contributed by atoms with Crippen molar-refractivity contribution in [3.63, 3.8) is 0 Å². The van der Waals surface area contributed by atoms with E-state index in [2.05, 4.69) is 25.2 Å². The lowest BCUT2D eigenvalue weighted by molar-refractivity contribution is -0.146. The van der Waals surface area contributed by atoms with Crippen LogP contribution in [0.2, 0.25) is 0 Å². The molecule has 0 aliphatic carbocycles. The maximum atomic E-state index is 12.7. The highest BCUT2D eigenvalue weighted by Gasteiger charge is 2.28. The monoisotopic (exact) mass is 717 g/mol. The van der Waals surface area contributed by atoms with Gasteiger partial charge in [-0.05, 0) is 86.3 Å². The maximum absolute atomic E-state index is 12.7. The molecule has 49 heavy (non-hydrogen) atoms. The standard InChI is InChI=1S/C33H43N5O9S2/c1-4-46-30(41)13-11-25(32(43)47-5-2)35-33-36-31(42)29(48-33)18-21-6-9-24(10-7-21)38-16-14-23(15-17-38)34-20-28(40)22-8-12-27(39)26(19-22)37-49(3,44)45/h6-10,12,18-19,23,25,28,34,37,39-40H,4-5,11,13-17,20H2,1-3H3,(H,35,36,42)/t25-,28-/m0/s1. The number of nitrogens with one attached hydrogen (secondary N) is 3. The first kappa shape index (κ1) is 37.7. The van der Waals surface area contributed by atoms with Gasteiger partial charge in [0.05, 0.1) is 36.2 Å². The highest BCUT2D eigenvalue weighted by Crippen LogP contribution is 2.30. The Morgan fingerprint density at radius 3 is 2.47 bits per heavy atom. The van der Waals surface area contributed by atoms with Crippen molar-refractivity contribution in [2.75, 3.05) is 48.7 Å². The van der Waals surface area contributed by atoms with Gasteiger partial charge < -0.3 is 35.2 Å². The fourth-order valence-corrected chi connectivity index (χ4v) is 6.74. The number of anilines is 2. The smallest absolute Gasteiger partial charge is 0.330 e. The third-order valence-corrected chi connectivity index (χ3v) is 9.28. The number of amidine groups is 1. The van der Waals surface area contributed by atoms with Crippen molar-refractivity contribution in [3.05, 3.63) is 58.5 Å². The summed E-state index contributed by atoms with van der Waals surface area (Å²) in [5.74, 6) is -1.57. The number of hydrogen-bond acceptors (Lipinski definition) is 13. The van der Waals surface area contributed by atoms with Crippen LogP contribution in [0.4, 0.5) is 11.4 Å². The normalized spacial score (nSPS) is 18.3. The number of phenols is 1. The van der Waals surface area contributed by atoms with E-state index in [1.807, 2.05) is 24.3 Å². The minimum Gasteiger partial charge on any atom is -0.506 e. The van der Waals surface area contributed by atoms with Crippen LogP contribution >= 0.6 is 11.8 Å². The quantitative estimate of drug-likeness (QED) is 0.103. The van der Waals surface area contributed by atoms with Crippen molar-refractivity contribution in [2.24, 2.45) is 4.99 Å². The zero-order valence-electron chi connectivity index (χ0n) is 27.7. The zero-order valence-corrected chi connectivity index (χ0v) is 29.3. The molecule has 4 rings (SSSR count). The molecule has 0 spiro atoms. The molecule has 0 radical (unpaired) electrons. The third-order valence-electron chi connectivity index (χ3n) is 7.76. The zero-order chi connectivity index (χ0) is 35.6. The van der Waals surface area contributed by atoms with Gasteiger partial charge >= 0.3 is 11.9 Å². The van der Waals surface area contributed by atoms with Gasteiger partial charge in [-0.3, -0.25) is 14.3 Å². The molecule has 2 heterocycles. The molecule has 2 fully saturated rings. The highest BCUT2D eigenvalue weighted by molar-refractivity contribution is 8.18. The van der Waals surface area contributed by atoms with Gasteiger partial charge in [-0.15, -0.1) is 0 Å². The summed E-state index contributed by atoms with van der Waals surface area (Å²) < 4.78 is 35.4. The number of aromatic hydroxyl groups is 1. The Labute approximate surface area is 290 Å². The van der Waals surface area contributed by atoms with Gasteiger partial charge in [0.1, 0.15) is 5.75 Å². The van der Waals surface area contributed by atoms with Gasteiger partial charge in [0, 0.05) is 37.8 Å². The van der Waals surface area contributed by atoms with Crippen molar-refractivity contribution in [3.8, 4) is 5.75 Å². The Kier molecular flexibility index (Phi) is 13.5. The van der Waals surface area contributed by atoms with Crippen LogP contribution in [-0.4, -0.2) is 92.8 Å². The number of phenolic OH excluding ortho intramolecular Hbond substituents is 1. The predicted molar refractivity (Wildman–Crippen MR) is 189 cm³/mol. The number of thioether (sulfide) groups is 1. The van der Waals surface area contributed by atoms with E-state index in [1.165, 1.54) is 12.1 Å². The first-order valence-electron chi connectivity index (χ1n) is 16.0. The molecule has 2 aromatic rings. The molecule has 2 aliphatic rings. The summed E-state index contributed by atoms with van der Waals surface area (Å²) in [7, 11) is -3.58. The minimum atomic E-state index is -3.58. The second-order valence-electron chi connectivity index (χ2n) is 11.5. The number of esters is 2. The number of rotatable bonds is 15. The molecule has 14 nitrogen and oxygen atoms in total. The topological polar surface area (TPSA) is 196 Å². The number of hydrogen-bond donors (Lipinski definition) is 5. The molecule has 1 amide bonds. The molecule has 0 saturated carbocycles. The number of carbonyl (C=O) groups excluding carboxylic acids is 3. The Morgan fingerprint density at radius 1 is 1.12 bits per heavy atom. The van der Waals surface area contributed by atoms with Crippen molar-refractivity contribution >= 4 is 62.2 Å². The second-order valence-corrected chi connectivity index (χ2v) is 14.3. The van der Waals surface area contributed by atoms with Crippen LogP contribution < -0.4 is 20.3 Å². The van der Waals surface area contributed by atoms with Crippen LogP contribution in [-0.2, 0) is 33.9 Å². The van der Waals surface area contributed by atoms with Crippen molar-refractivity contribution in [1.82, 2.24) is 10.6 Å². The average molecular weight is 718 g/mol. The molecular weight excluding hydrogens is 675 g/mol. The summed E-state index contributed by atoms with van der Waals surface area (Å²) in [6, 6.07) is 11.4. The average Bonchev–Trinajstić information content (AvgIpc) is 3.40. The molecule has 0 bridgehead atoms. The van der Waals surface area contributed by atoms with Crippen LogP contribution in [0.25, 0.3) is 6.08 Å². The van der Waals surface area contributed by atoms with Crippen LogP contribution in [0.1, 0.15) is 56.8 Å². The lowest BCUT2D eigenvalue weighted by Gasteiger charge is -2.34. The Balaban J connectivity index is 1.28. The van der Waals surface area contributed by atoms with Crippen molar-refractivity contribution in [1.29, 1.82) is 0 Å². The van der Waals surface area contributed by atoms with Gasteiger partial charge in [-0.2, -0.15) is 0 Å². The predicted octanol–water partition coefficient (Wildman–Crippen LogP) is 2.89. The van der Waals surface area contributed by atoms with E-state index >= 15 is 0 Å². The lowest BCUT2D eigenvalue weighted by Crippen LogP contribution is -2.43. The number of nitrogens with zero attached hydrogens (tertiary/aromatic N) is 2. The number of piperidine rings is 1. The van der Waals surface area contributed by atoms with E-state index < -0.39 is 34.1 Å². The Hall–Kier alpha value is -4.12. The molecule has 2 atom stereocenters. The summed E-state index contributed by atoms with van der Waals surface area (Å²) >= 11 is 1.12. The number of aliphatic imine (C=N–C) groups is 1. The first-order chi connectivity index (χ1) is 23.3. The highest BCUT2D eigenvalue weighted by atomic mass is 32.2. The van der Waals surface area contributed by atoms with Crippen molar-refractivity contribution < 1.29 is 42.5 Å². The third kappa shape index (κ3) is 11.5. The lowest BCUT2D eigenvalue weighted by atomic mass is 10.0. The molecule has 2 saturated heterocycles. The summed E-state index contributed by atoms with van der Waals surface area (Å²) in [6.45, 7) is 5.65. The van der Waals surface area contributed by atoms with Gasteiger partial charge in [-0.25, -0.2) is 18.2 Å². The van der Waals surface area contributed by atoms with Gasteiger partial charge in [0.15, 0.2) is 11.2 Å². The van der Waals surface area contributed by atoms with Crippen molar-refractivity contribution in [2.45, 2.75) is 57.7 Å². The summed E-state index contributed by atoms with van der Waals surface area (Å²) in [6.07, 6.45) is 3.64. The van der Waals surface area contributed by atoms with Gasteiger partial charge in [-0.1, -0.05) is 18.2 Å².